The fourth-order valence-electron chi connectivity index (χ4n) is 1.41. The molecule has 0 saturated heterocycles. The van der Waals surface area contributed by atoms with Gasteiger partial charge in [-0.25, -0.2) is 4.39 Å². The smallest absolute Gasteiger partial charge is 0.125 e. The van der Waals surface area contributed by atoms with Crippen LogP contribution in [0.1, 0.15) is 26.7 Å². The van der Waals surface area contributed by atoms with E-state index in [-0.39, 0.29) is 5.82 Å². The van der Waals surface area contributed by atoms with Crippen molar-refractivity contribution < 1.29 is 4.39 Å². The van der Waals surface area contributed by atoms with Crippen molar-refractivity contribution in [2.45, 2.75) is 32.7 Å². The molecular weight excluding hydrogens is 203 g/mol. The topological polar surface area (TPSA) is 24.1 Å². The highest BCUT2D eigenvalue weighted by molar-refractivity contribution is 5.42. The maximum Gasteiger partial charge on any atom is 0.125 e. The van der Waals surface area contributed by atoms with Crippen LogP contribution in [-0.2, 0) is 0 Å². The first-order valence-electron chi connectivity index (χ1n) is 5.95. The van der Waals surface area contributed by atoms with E-state index in [2.05, 4.69) is 24.5 Å². The lowest BCUT2D eigenvalue weighted by atomic mass is 10.2. The van der Waals surface area contributed by atoms with E-state index in [0.717, 1.165) is 31.6 Å². The van der Waals surface area contributed by atoms with E-state index in [9.17, 15) is 4.39 Å². The second-order valence-electron chi connectivity index (χ2n) is 4.05. The van der Waals surface area contributed by atoms with E-state index in [1.807, 2.05) is 6.07 Å². The van der Waals surface area contributed by atoms with Crippen molar-refractivity contribution in [3.63, 3.8) is 0 Å². The molecule has 1 rings (SSSR count). The minimum atomic E-state index is -0.192. The standard InChI is InChI=1S/C13H21FN2/c1-3-11(2)15-8-5-9-16-13-7-4-6-12(14)10-13/h4,6-7,10-11,15-16H,3,5,8-9H2,1-2H3. The van der Waals surface area contributed by atoms with Gasteiger partial charge in [0.05, 0.1) is 0 Å². The van der Waals surface area contributed by atoms with Crippen molar-refractivity contribution >= 4 is 5.69 Å². The zero-order chi connectivity index (χ0) is 11.8. The Kier molecular flexibility index (Phi) is 5.86. The van der Waals surface area contributed by atoms with Gasteiger partial charge in [-0.05, 0) is 44.5 Å². The molecule has 16 heavy (non-hydrogen) atoms. The van der Waals surface area contributed by atoms with Crippen molar-refractivity contribution in [2.24, 2.45) is 0 Å². The van der Waals surface area contributed by atoms with Gasteiger partial charge >= 0.3 is 0 Å². The number of rotatable bonds is 7. The van der Waals surface area contributed by atoms with E-state index >= 15 is 0 Å². The summed E-state index contributed by atoms with van der Waals surface area (Å²) in [4.78, 5) is 0. The van der Waals surface area contributed by atoms with Gasteiger partial charge in [0.15, 0.2) is 0 Å². The zero-order valence-corrected chi connectivity index (χ0v) is 10.1. The predicted octanol–water partition coefficient (Wildman–Crippen LogP) is 3.02. The second-order valence-corrected chi connectivity index (χ2v) is 4.05. The molecule has 0 radical (unpaired) electrons. The highest BCUT2D eigenvalue weighted by Crippen LogP contribution is 2.08. The van der Waals surface area contributed by atoms with Gasteiger partial charge in [0.1, 0.15) is 5.82 Å². The van der Waals surface area contributed by atoms with Crippen LogP contribution >= 0.6 is 0 Å². The summed E-state index contributed by atoms with van der Waals surface area (Å²) in [6, 6.07) is 7.15. The third-order valence-electron chi connectivity index (χ3n) is 2.61. The van der Waals surface area contributed by atoms with Crippen molar-refractivity contribution in [3.05, 3.63) is 30.1 Å². The van der Waals surface area contributed by atoms with Crippen LogP contribution in [0.15, 0.2) is 24.3 Å². The van der Waals surface area contributed by atoms with E-state index in [1.54, 1.807) is 6.07 Å². The number of hydrogen-bond donors (Lipinski definition) is 2. The molecule has 1 aromatic carbocycles. The van der Waals surface area contributed by atoms with Crippen LogP contribution in [0.4, 0.5) is 10.1 Å². The van der Waals surface area contributed by atoms with E-state index in [1.165, 1.54) is 12.1 Å². The Morgan fingerprint density at radius 1 is 1.31 bits per heavy atom. The minimum absolute atomic E-state index is 0.192. The predicted molar refractivity (Wildman–Crippen MR) is 67.3 cm³/mol. The normalized spacial score (nSPS) is 12.4. The molecule has 0 fully saturated rings. The molecule has 0 bridgehead atoms. The van der Waals surface area contributed by atoms with E-state index in [4.69, 9.17) is 0 Å². The summed E-state index contributed by atoms with van der Waals surface area (Å²) in [5.74, 6) is -0.192. The second kappa shape index (κ2) is 7.23. The van der Waals surface area contributed by atoms with Crippen LogP contribution in [-0.4, -0.2) is 19.1 Å². The van der Waals surface area contributed by atoms with Crippen molar-refractivity contribution in [3.8, 4) is 0 Å². The van der Waals surface area contributed by atoms with Gasteiger partial charge < -0.3 is 10.6 Å². The summed E-state index contributed by atoms with van der Waals surface area (Å²) in [7, 11) is 0. The molecule has 1 atom stereocenters. The number of hydrogen-bond acceptors (Lipinski definition) is 2. The van der Waals surface area contributed by atoms with Crippen LogP contribution in [0.3, 0.4) is 0 Å². The molecule has 90 valence electrons. The van der Waals surface area contributed by atoms with E-state index < -0.39 is 0 Å². The summed E-state index contributed by atoms with van der Waals surface area (Å²) < 4.78 is 12.8. The lowest BCUT2D eigenvalue weighted by molar-refractivity contribution is 0.529. The van der Waals surface area contributed by atoms with Crippen molar-refractivity contribution in [1.82, 2.24) is 5.32 Å². The van der Waals surface area contributed by atoms with E-state index in [0.29, 0.717) is 6.04 Å². The highest BCUT2D eigenvalue weighted by atomic mass is 19.1. The SMILES string of the molecule is CCC(C)NCCCNc1cccc(F)c1. The average Bonchev–Trinajstić information content (AvgIpc) is 2.28. The maximum absolute atomic E-state index is 12.8. The van der Waals surface area contributed by atoms with Crippen LogP contribution in [0.5, 0.6) is 0 Å². The molecule has 0 saturated carbocycles. The Balaban J connectivity index is 2.12. The molecule has 1 aromatic rings. The average molecular weight is 224 g/mol. The van der Waals surface area contributed by atoms with Gasteiger partial charge in [-0.3, -0.25) is 0 Å². The number of halogens is 1. The number of benzene rings is 1. The third kappa shape index (κ3) is 5.12. The zero-order valence-electron chi connectivity index (χ0n) is 10.1. The molecule has 0 aliphatic carbocycles. The van der Waals surface area contributed by atoms with Crippen LogP contribution < -0.4 is 10.6 Å². The molecule has 0 heterocycles. The first kappa shape index (κ1) is 13.0. The fourth-order valence-corrected chi connectivity index (χ4v) is 1.41. The molecule has 2 N–H and O–H groups in total. The van der Waals surface area contributed by atoms with Crippen molar-refractivity contribution in [2.75, 3.05) is 18.4 Å². The Hall–Kier alpha value is -1.09. The lowest BCUT2D eigenvalue weighted by Crippen LogP contribution is -2.27. The van der Waals surface area contributed by atoms with Gasteiger partial charge in [0.25, 0.3) is 0 Å². The molecule has 1 unspecified atom stereocenters. The lowest BCUT2D eigenvalue weighted by Gasteiger charge is -2.11. The summed E-state index contributed by atoms with van der Waals surface area (Å²) in [6.07, 6.45) is 2.19. The van der Waals surface area contributed by atoms with Crippen molar-refractivity contribution in [1.29, 1.82) is 0 Å². The molecular formula is C13H21FN2. The summed E-state index contributed by atoms with van der Waals surface area (Å²) in [5, 5.41) is 6.61. The van der Waals surface area contributed by atoms with Gasteiger partial charge in [-0.15, -0.1) is 0 Å². The summed E-state index contributed by atoms with van der Waals surface area (Å²) in [6.45, 7) is 6.22. The molecule has 3 heteroatoms. The Labute approximate surface area is 97.3 Å². The first-order chi connectivity index (χ1) is 7.72. The molecule has 0 aliphatic rings. The molecule has 0 aromatic heterocycles. The molecule has 2 nitrogen and oxygen atoms in total. The fraction of sp³-hybridized carbons (Fsp3) is 0.538. The molecule has 0 spiro atoms. The monoisotopic (exact) mass is 224 g/mol. The highest BCUT2D eigenvalue weighted by Gasteiger charge is 1.96. The number of nitrogens with one attached hydrogen (secondary N) is 2. The number of anilines is 1. The quantitative estimate of drug-likeness (QED) is 0.696. The minimum Gasteiger partial charge on any atom is -0.385 e. The third-order valence-corrected chi connectivity index (χ3v) is 2.61. The van der Waals surface area contributed by atoms with Gasteiger partial charge in [-0.2, -0.15) is 0 Å². The van der Waals surface area contributed by atoms with Crippen LogP contribution in [0.25, 0.3) is 0 Å². The van der Waals surface area contributed by atoms with Crippen LogP contribution in [0.2, 0.25) is 0 Å². The van der Waals surface area contributed by atoms with Gasteiger partial charge in [-0.1, -0.05) is 13.0 Å². The first-order valence-corrected chi connectivity index (χ1v) is 5.95. The maximum atomic E-state index is 12.8. The summed E-state index contributed by atoms with van der Waals surface area (Å²) in [5.41, 5.74) is 0.850. The Bertz CT molecular complexity index is 302. The Morgan fingerprint density at radius 2 is 2.12 bits per heavy atom. The molecule has 0 aliphatic heterocycles. The van der Waals surface area contributed by atoms with Gasteiger partial charge in [0, 0.05) is 18.3 Å². The Morgan fingerprint density at radius 3 is 2.81 bits per heavy atom. The van der Waals surface area contributed by atoms with Crippen LogP contribution in [0, 0.1) is 5.82 Å². The molecule has 0 amide bonds. The largest absolute Gasteiger partial charge is 0.385 e. The summed E-state index contributed by atoms with van der Waals surface area (Å²) >= 11 is 0. The van der Waals surface area contributed by atoms with Gasteiger partial charge in [0.2, 0.25) is 0 Å².